The van der Waals surface area contributed by atoms with Crippen LogP contribution in [0.25, 0.3) is 0 Å². The molecule has 1 aromatic rings. The van der Waals surface area contributed by atoms with Gasteiger partial charge in [-0.25, -0.2) is 4.39 Å². The quantitative estimate of drug-likeness (QED) is 0.518. The first kappa shape index (κ1) is 9.71. The molecule has 0 spiro atoms. The van der Waals surface area contributed by atoms with E-state index in [1.807, 2.05) is 0 Å². The second-order valence-corrected chi connectivity index (χ2v) is 2.71. The number of carbonyl (C=O) groups is 1. The molecular formula is C10H11FO2. The van der Waals surface area contributed by atoms with E-state index in [1.54, 1.807) is 26.0 Å². The van der Waals surface area contributed by atoms with Crippen molar-refractivity contribution in [1.82, 2.24) is 0 Å². The van der Waals surface area contributed by atoms with Gasteiger partial charge in [0, 0.05) is 6.42 Å². The molecule has 0 aliphatic heterocycles. The minimum Gasteiger partial charge on any atom is -0.423 e. The largest absolute Gasteiger partial charge is 0.423 e. The van der Waals surface area contributed by atoms with Crippen LogP contribution in [0, 0.1) is 12.7 Å². The fraction of sp³-hybridized carbons (Fsp3) is 0.300. The molecule has 0 aliphatic rings. The maximum Gasteiger partial charge on any atom is 0.311 e. The maximum absolute atomic E-state index is 13.1. The van der Waals surface area contributed by atoms with E-state index in [4.69, 9.17) is 4.74 Å². The van der Waals surface area contributed by atoms with E-state index in [0.717, 1.165) is 0 Å². The molecule has 0 heterocycles. The van der Waals surface area contributed by atoms with Gasteiger partial charge in [0.05, 0.1) is 0 Å². The van der Waals surface area contributed by atoms with Gasteiger partial charge in [0.25, 0.3) is 0 Å². The Balaban J connectivity index is 2.93. The highest BCUT2D eigenvalue weighted by Gasteiger charge is 2.09. The molecule has 0 bridgehead atoms. The minimum absolute atomic E-state index is 0.0364. The standard InChI is InChI=1S/C10H11FO2/c1-3-9(12)13-10-7(2)5-4-6-8(10)11/h4-6H,3H2,1-2H3. The van der Waals surface area contributed by atoms with Crippen molar-refractivity contribution in [3.8, 4) is 5.75 Å². The van der Waals surface area contributed by atoms with Crippen LogP contribution in [-0.2, 0) is 4.79 Å². The van der Waals surface area contributed by atoms with E-state index in [2.05, 4.69) is 0 Å². The number of hydrogen-bond acceptors (Lipinski definition) is 2. The van der Waals surface area contributed by atoms with Crippen molar-refractivity contribution in [3.05, 3.63) is 29.6 Å². The molecule has 2 nitrogen and oxygen atoms in total. The summed E-state index contributed by atoms with van der Waals surface area (Å²) in [6.07, 6.45) is 0.244. The lowest BCUT2D eigenvalue weighted by Gasteiger charge is -2.06. The van der Waals surface area contributed by atoms with E-state index in [0.29, 0.717) is 5.56 Å². The zero-order valence-electron chi connectivity index (χ0n) is 7.63. The Morgan fingerprint density at radius 2 is 2.23 bits per heavy atom. The lowest BCUT2D eigenvalue weighted by atomic mass is 10.2. The number of halogens is 1. The molecular weight excluding hydrogens is 171 g/mol. The molecule has 0 atom stereocenters. The highest BCUT2D eigenvalue weighted by Crippen LogP contribution is 2.21. The summed E-state index contributed by atoms with van der Waals surface area (Å²) in [5.74, 6) is -0.885. The molecule has 0 amide bonds. The Bertz CT molecular complexity index is 300. The Morgan fingerprint density at radius 3 is 2.77 bits per heavy atom. The summed E-state index contributed by atoms with van der Waals surface area (Å²) in [7, 11) is 0. The predicted octanol–water partition coefficient (Wildman–Crippen LogP) is 2.45. The van der Waals surface area contributed by atoms with Crippen LogP contribution in [0.4, 0.5) is 4.39 Å². The van der Waals surface area contributed by atoms with Gasteiger partial charge in [-0.1, -0.05) is 19.1 Å². The zero-order chi connectivity index (χ0) is 9.84. The van der Waals surface area contributed by atoms with Gasteiger partial charge in [-0.15, -0.1) is 0 Å². The summed E-state index contributed by atoms with van der Waals surface area (Å²) < 4.78 is 17.9. The van der Waals surface area contributed by atoms with Crippen molar-refractivity contribution in [1.29, 1.82) is 0 Å². The van der Waals surface area contributed by atoms with Crippen molar-refractivity contribution in [2.24, 2.45) is 0 Å². The first-order valence-electron chi connectivity index (χ1n) is 4.11. The van der Waals surface area contributed by atoms with Gasteiger partial charge in [0.2, 0.25) is 0 Å². The average Bonchev–Trinajstić information content (AvgIpc) is 2.11. The molecule has 70 valence electrons. The number of esters is 1. The number of rotatable bonds is 2. The number of aryl methyl sites for hydroxylation is 1. The van der Waals surface area contributed by atoms with E-state index in [-0.39, 0.29) is 12.2 Å². The first-order chi connectivity index (χ1) is 6.15. The van der Waals surface area contributed by atoms with Gasteiger partial charge >= 0.3 is 5.97 Å². The normalized spacial score (nSPS) is 9.77. The van der Waals surface area contributed by atoms with Crippen LogP contribution >= 0.6 is 0 Å². The molecule has 0 fully saturated rings. The summed E-state index contributed by atoms with van der Waals surface area (Å²) in [6, 6.07) is 4.54. The summed E-state index contributed by atoms with van der Waals surface area (Å²) in [6.45, 7) is 3.36. The minimum atomic E-state index is -0.498. The van der Waals surface area contributed by atoms with Crippen molar-refractivity contribution < 1.29 is 13.9 Å². The summed E-state index contributed by atoms with van der Waals surface area (Å²) in [5, 5.41) is 0. The second kappa shape index (κ2) is 4.03. The Kier molecular flexibility index (Phi) is 3.01. The SMILES string of the molecule is CCC(=O)Oc1c(C)cccc1F. The van der Waals surface area contributed by atoms with Crippen LogP contribution in [0.15, 0.2) is 18.2 Å². The Labute approximate surface area is 76.3 Å². The number of hydrogen-bond donors (Lipinski definition) is 0. The summed E-state index contributed by atoms with van der Waals surface area (Å²) in [4.78, 5) is 10.9. The van der Waals surface area contributed by atoms with Crippen molar-refractivity contribution >= 4 is 5.97 Å². The monoisotopic (exact) mass is 182 g/mol. The maximum atomic E-state index is 13.1. The average molecular weight is 182 g/mol. The molecule has 0 aromatic heterocycles. The van der Waals surface area contributed by atoms with Gasteiger partial charge in [0.1, 0.15) is 0 Å². The highest BCUT2D eigenvalue weighted by atomic mass is 19.1. The van der Waals surface area contributed by atoms with E-state index >= 15 is 0 Å². The summed E-state index contributed by atoms with van der Waals surface area (Å²) in [5.41, 5.74) is 0.627. The number of benzene rings is 1. The molecule has 0 N–H and O–H groups in total. The Morgan fingerprint density at radius 1 is 1.54 bits per heavy atom. The molecule has 0 saturated carbocycles. The first-order valence-corrected chi connectivity index (χ1v) is 4.11. The van der Waals surface area contributed by atoms with Crippen LogP contribution in [0.5, 0.6) is 5.75 Å². The van der Waals surface area contributed by atoms with Gasteiger partial charge in [-0.3, -0.25) is 4.79 Å². The molecule has 0 aliphatic carbocycles. The third kappa shape index (κ3) is 2.28. The van der Waals surface area contributed by atoms with Crippen LogP contribution in [0.1, 0.15) is 18.9 Å². The van der Waals surface area contributed by atoms with Crippen LogP contribution in [0.2, 0.25) is 0 Å². The van der Waals surface area contributed by atoms with E-state index < -0.39 is 11.8 Å². The van der Waals surface area contributed by atoms with Crippen LogP contribution in [-0.4, -0.2) is 5.97 Å². The zero-order valence-corrected chi connectivity index (χ0v) is 7.63. The second-order valence-electron chi connectivity index (χ2n) is 2.71. The van der Waals surface area contributed by atoms with Crippen molar-refractivity contribution in [3.63, 3.8) is 0 Å². The van der Waals surface area contributed by atoms with Crippen LogP contribution in [0.3, 0.4) is 0 Å². The van der Waals surface area contributed by atoms with Gasteiger partial charge < -0.3 is 4.74 Å². The van der Waals surface area contributed by atoms with E-state index in [1.165, 1.54) is 6.07 Å². The molecule has 0 unspecified atom stereocenters. The molecule has 0 radical (unpaired) electrons. The summed E-state index contributed by atoms with van der Waals surface area (Å²) >= 11 is 0. The van der Waals surface area contributed by atoms with Gasteiger partial charge in [-0.05, 0) is 18.6 Å². The molecule has 1 rings (SSSR count). The third-order valence-corrected chi connectivity index (χ3v) is 1.67. The lowest BCUT2D eigenvalue weighted by Crippen LogP contribution is -2.07. The smallest absolute Gasteiger partial charge is 0.311 e. The molecule has 0 saturated heterocycles. The molecule has 1 aromatic carbocycles. The van der Waals surface area contributed by atoms with Gasteiger partial charge in [0.15, 0.2) is 11.6 Å². The number of carbonyl (C=O) groups excluding carboxylic acids is 1. The fourth-order valence-corrected chi connectivity index (χ4v) is 0.932. The topological polar surface area (TPSA) is 26.3 Å². The van der Waals surface area contributed by atoms with Crippen LogP contribution < -0.4 is 4.74 Å². The number of para-hydroxylation sites is 1. The van der Waals surface area contributed by atoms with Gasteiger partial charge in [-0.2, -0.15) is 0 Å². The fourth-order valence-electron chi connectivity index (χ4n) is 0.932. The lowest BCUT2D eigenvalue weighted by molar-refractivity contribution is -0.134. The molecule has 13 heavy (non-hydrogen) atoms. The third-order valence-electron chi connectivity index (χ3n) is 1.67. The van der Waals surface area contributed by atoms with Crippen molar-refractivity contribution in [2.45, 2.75) is 20.3 Å². The van der Waals surface area contributed by atoms with Crippen molar-refractivity contribution in [2.75, 3.05) is 0 Å². The Hall–Kier alpha value is -1.38. The van der Waals surface area contributed by atoms with E-state index in [9.17, 15) is 9.18 Å². The predicted molar refractivity (Wildman–Crippen MR) is 47.1 cm³/mol. The molecule has 3 heteroatoms. The number of ether oxygens (including phenoxy) is 1. The highest BCUT2D eigenvalue weighted by molar-refractivity contribution is 5.72.